The van der Waals surface area contributed by atoms with Gasteiger partial charge in [-0.25, -0.2) is 0 Å². The summed E-state index contributed by atoms with van der Waals surface area (Å²) in [4.78, 5) is 14.1. The fourth-order valence-corrected chi connectivity index (χ4v) is 1.57. The topological polar surface area (TPSA) is 76.3 Å². The molecule has 1 aromatic carbocycles. The number of hydrogen-bond acceptors (Lipinski definition) is 4. The summed E-state index contributed by atoms with van der Waals surface area (Å²) in [5.41, 5.74) is 0.460. The molecule has 0 aliphatic carbocycles. The number of nitro groups is 1. The third-order valence-corrected chi connectivity index (χ3v) is 2.39. The van der Waals surface area contributed by atoms with Crippen LogP contribution < -0.4 is 0 Å². The molecule has 0 spiro atoms. The first-order chi connectivity index (χ1) is 8.20. The lowest BCUT2D eigenvalue weighted by Gasteiger charge is -2.10. The Bertz CT molecular complexity index is 528. The summed E-state index contributed by atoms with van der Waals surface area (Å²) >= 11 is 0. The Balaban J connectivity index is 2.44. The monoisotopic (exact) mass is 230 g/mol. The molecule has 1 unspecified atom stereocenters. The van der Waals surface area contributed by atoms with E-state index in [9.17, 15) is 15.2 Å². The number of hydrogen-bond donors (Lipinski definition) is 1. The van der Waals surface area contributed by atoms with Gasteiger partial charge in [-0.2, -0.15) is 0 Å². The van der Waals surface area contributed by atoms with Gasteiger partial charge in [-0.15, -0.1) is 0 Å². The van der Waals surface area contributed by atoms with Crippen molar-refractivity contribution in [2.24, 2.45) is 0 Å². The smallest absolute Gasteiger partial charge is 0.293 e. The fourth-order valence-electron chi connectivity index (χ4n) is 1.57. The van der Waals surface area contributed by atoms with Crippen LogP contribution in [0.25, 0.3) is 0 Å². The molecule has 1 heterocycles. The summed E-state index contributed by atoms with van der Waals surface area (Å²) in [6.45, 7) is 0. The third kappa shape index (κ3) is 2.29. The Morgan fingerprint density at radius 1 is 1.18 bits per heavy atom. The summed E-state index contributed by atoms with van der Waals surface area (Å²) in [7, 11) is 0. The normalized spacial score (nSPS) is 12.1. The maximum absolute atomic E-state index is 10.8. The highest BCUT2D eigenvalue weighted by Crippen LogP contribution is 2.27. The van der Waals surface area contributed by atoms with E-state index >= 15 is 0 Å². The van der Waals surface area contributed by atoms with Crippen LogP contribution in [0.1, 0.15) is 17.4 Å². The zero-order valence-corrected chi connectivity index (χ0v) is 8.85. The summed E-state index contributed by atoms with van der Waals surface area (Å²) < 4.78 is 0. The number of aliphatic hydroxyl groups excluding tert-OH is 1. The van der Waals surface area contributed by atoms with E-state index in [1.807, 2.05) is 6.07 Å². The minimum atomic E-state index is -1.09. The average Bonchev–Trinajstić information content (AvgIpc) is 2.39. The number of aliphatic hydroxyl groups is 1. The molecule has 2 rings (SSSR count). The molecule has 0 fully saturated rings. The van der Waals surface area contributed by atoms with Gasteiger partial charge in [-0.1, -0.05) is 30.3 Å². The first kappa shape index (κ1) is 11.2. The van der Waals surface area contributed by atoms with E-state index in [0.717, 1.165) is 0 Å². The van der Waals surface area contributed by atoms with Crippen molar-refractivity contribution >= 4 is 5.69 Å². The van der Waals surface area contributed by atoms with Gasteiger partial charge in [-0.3, -0.25) is 15.1 Å². The van der Waals surface area contributed by atoms with Crippen LogP contribution in [0.15, 0.2) is 48.7 Å². The molecule has 0 bridgehead atoms. The van der Waals surface area contributed by atoms with Crippen molar-refractivity contribution in [2.45, 2.75) is 6.10 Å². The largest absolute Gasteiger partial charge is 0.382 e. The molecule has 2 aromatic rings. The minimum absolute atomic E-state index is 0.0590. The van der Waals surface area contributed by atoms with Gasteiger partial charge in [0.15, 0.2) is 5.69 Å². The number of aromatic nitrogens is 1. The van der Waals surface area contributed by atoms with Crippen LogP contribution in [0.5, 0.6) is 0 Å². The second-order valence-corrected chi connectivity index (χ2v) is 3.48. The third-order valence-electron chi connectivity index (χ3n) is 2.39. The Hall–Kier alpha value is -2.27. The van der Waals surface area contributed by atoms with Crippen molar-refractivity contribution in [1.82, 2.24) is 4.98 Å². The molecule has 86 valence electrons. The van der Waals surface area contributed by atoms with E-state index in [1.54, 1.807) is 24.3 Å². The molecule has 0 amide bonds. The molecule has 1 atom stereocenters. The lowest BCUT2D eigenvalue weighted by atomic mass is 10.1. The number of pyridine rings is 1. The second-order valence-electron chi connectivity index (χ2n) is 3.48. The van der Waals surface area contributed by atoms with Gasteiger partial charge in [0, 0.05) is 12.3 Å². The molecule has 0 saturated heterocycles. The van der Waals surface area contributed by atoms with E-state index in [1.165, 1.54) is 18.3 Å². The molecule has 5 nitrogen and oxygen atoms in total. The van der Waals surface area contributed by atoms with E-state index in [-0.39, 0.29) is 11.4 Å². The van der Waals surface area contributed by atoms with Crippen LogP contribution in [0, 0.1) is 10.1 Å². The van der Waals surface area contributed by atoms with Gasteiger partial charge in [0.05, 0.1) is 4.92 Å². The Morgan fingerprint density at radius 3 is 2.53 bits per heavy atom. The van der Waals surface area contributed by atoms with Crippen LogP contribution in [0.3, 0.4) is 0 Å². The Labute approximate surface area is 97.5 Å². The highest BCUT2D eigenvalue weighted by molar-refractivity contribution is 5.40. The van der Waals surface area contributed by atoms with Gasteiger partial charge < -0.3 is 5.11 Å². The number of nitrogens with zero attached hydrogens (tertiary/aromatic N) is 2. The van der Waals surface area contributed by atoms with Crippen molar-refractivity contribution in [1.29, 1.82) is 0 Å². The summed E-state index contributed by atoms with van der Waals surface area (Å²) in [6, 6.07) is 11.5. The zero-order chi connectivity index (χ0) is 12.3. The molecule has 1 N–H and O–H groups in total. The van der Waals surface area contributed by atoms with Crippen molar-refractivity contribution in [3.63, 3.8) is 0 Å². The summed E-state index contributed by atoms with van der Waals surface area (Å²) in [5, 5.41) is 20.9. The minimum Gasteiger partial charge on any atom is -0.382 e. The summed E-state index contributed by atoms with van der Waals surface area (Å²) in [6.07, 6.45) is 0.340. The van der Waals surface area contributed by atoms with Crippen LogP contribution >= 0.6 is 0 Å². The molecular weight excluding hydrogens is 220 g/mol. The van der Waals surface area contributed by atoms with Crippen molar-refractivity contribution in [3.8, 4) is 0 Å². The van der Waals surface area contributed by atoms with Crippen LogP contribution in [-0.2, 0) is 0 Å². The summed E-state index contributed by atoms with van der Waals surface area (Å²) in [5.74, 6) is 0. The zero-order valence-electron chi connectivity index (χ0n) is 8.85. The van der Waals surface area contributed by atoms with Gasteiger partial charge in [0.25, 0.3) is 5.69 Å². The van der Waals surface area contributed by atoms with Gasteiger partial charge in [0.2, 0.25) is 0 Å². The number of rotatable bonds is 3. The highest BCUT2D eigenvalue weighted by Gasteiger charge is 2.22. The van der Waals surface area contributed by atoms with Crippen LogP contribution in [-0.4, -0.2) is 15.0 Å². The average molecular weight is 230 g/mol. The fraction of sp³-hybridized carbons (Fsp3) is 0.0833. The predicted octanol–water partition coefficient (Wildman–Crippen LogP) is 2.07. The molecule has 0 aliphatic rings. The predicted molar refractivity (Wildman–Crippen MR) is 61.4 cm³/mol. The molecule has 0 saturated carbocycles. The van der Waals surface area contributed by atoms with Crippen molar-refractivity contribution < 1.29 is 10.0 Å². The molecule has 5 heteroatoms. The maximum Gasteiger partial charge on any atom is 0.293 e. The molecule has 0 radical (unpaired) electrons. The first-order valence-electron chi connectivity index (χ1n) is 5.02. The molecule has 17 heavy (non-hydrogen) atoms. The lowest BCUT2D eigenvalue weighted by molar-refractivity contribution is -0.386. The first-order valence-corrected chi connectivity index (χ1v) is 5.02. The Kier molecular flexibility index (Phi) is 3.11. The van der Waals surface area contributed by atoms with E-state index in [4.69, 9.17) is 0 Å². The van der Waals surface area contributed by atoms with Crippen LogP contribution in [0.2, 0.25) is 0 Å². The maximum atomic E-state index is 10.8. The SMILES string of the molecule is O=[N+]([O-])c1cccnc1C(O)c1ccccc1. The van der Waals surface area contributed by atoms with Crippen molar-refractivity contribution in [2.75, 3.05) is 0 Å². The van der Waals surface area contributed by atoms with E-state index in [2.05, 4.69) is 4.98 Å². The van der Waals surface area contributed by atoms with Gasteiger partial charge >= 0.3 is 0 Å². The van der Waals surface area contributed by atoms with Crippen molar-refractivity contribution in [3.05, 3.63) is 70.0 Å². The number of benzene rings is 1. The lowest BCUT2D eigenvalue weighted by Crippen LogP contribution is -2.06. The Morgan fingerprint density at radius 2 is 1.88 bits per heavy atom. The molecular formula is C12H10N2O3. The van der Waals surface area contributed by atoms with Crippen LogP contribution in [0.4, 0.5) is 5.69 Å². The van der Waals surface area contributed by atoms with Gasteiger partial charge in [-0.05, 0) is 11.6 Å². The quantitative estimate of drug-likeness (QED) is 0.646. The van der Waals surface area contributed by atoms with Gasteiger partial charge in [0.1, 0.15) is 6.10 Å². The standard InChI is InChI=1S/C12H10N2O3/c15-12(9-5-2-1-3-6-9)11-10(14(16)17)7-4-8-13-11/h1-8,12,15H. The molecule has 1 aromatic heterocycles. The highest BCUT2D eigenvalue weighted by atomic mass is 16.6. The van der Waals surface area contributed by atoms with E-state index in [0.29, 0.717) is 5.56 Å². The van der Waals surface area contributed by atoms with E-state index < -0.39 is 11.0 Å². The second kappa shape index (κ2) is 4.71. The molecule has 0 aliphatic heterocycles.